The molecule has 0 saturated carbocycles. The Hall–Kier alpha value is -2.46. The zero-order valence-electron chi connectivity index (χ0n) is 13.1. The number of amides is 1. The van der Waals surface area contributed by atoms with Gasteiger partial charge in [0.25, 0.3) is 0 Å². The van der Waals surface area contributed by atoms with Crippen LogP contribution in [0.3, 0.4) is 0 Å². The largest absolute Gasteiger partial charge is 0.326 e. The molecule has 0 bridgehead atoms. The molecule has 0 spiro atoms. The van der Waals surface area contributed by atoms with Gasteiger partial charge < -0.3 is 5.32 Å². The topological polar surface area (TPSA) is 46.2 Å². The number of anilines is 1. The Bertz CT molecular complexity index is 943. The molecule has 0 radical (unpaired) electrons. The molecule has 3 nitrogen and oxygen atoms in total. The van der Waals surface area contributed by atoms with E-state index in [0.717, 1.165) is 26.4 Å². The van der Waals surface area contributed by atoms with Gasteiger partial charge in [-0.15, -0.1) is 11.3 Å². The van der Waals surface area contributed by atoms with Crippen molar-refractivity contribution in [1.82, 2.24) is 0 Å². The molecular formula is C19H17NO2S. The number of rotatable bonds is 3. The van der Waals surface area contributed by atoms with E-state index in [9.17, 15) is 9.59 Å². The van der Waals surface area contributed by atoms with Crippen LogP contribution in [-0.4, -0.2) is 5.91 Å². The minimum atomic E-state index is -0.107. The van der Waals surface area contributed by atoms with Gasteiger partial charge >= 0.3 is 0 Å². The van der Waals surface area contributed by atoms with Crippen LogP contribution < -0.4 is 10.7 Å². The highest BCUT2D eigenvalue weighted by atomic mass is 32.1. The number of carbonyl (C=O) groups excluding carboxylic acids is 1. The Morgan fingerprint density at radius 3 is 2.70 bits per heavy atom. The predicted molar refractivity (Wildman–Crippen MR) is 96.3 cm³/mol. The van der Waals surface area contributed by atoms with Crippen LogP contribution in [0, 0.1) is 13.8 Å². The summed E-state index contributed by atoms with van der Waals surface area (Å²) in [5, 5.41) is 3.64. The third kappa shape index (κ3) is 3.48. The van der Waals surface area contributed by atoms with E-state index in [0.29, 0.717) is 5.39 Å². The third-order valence-corrected chi connectivity index (χ3v) is 4.79. The van der Waals surface area contributed by atoms with Crippen molar-refractivity contribution < 1.29 is 4.79 Å². The molecule has 0 aliphatic heterocycles. The number of nitrogens with one attached hydrogen (secondary N) is 1. The van der Waals surface area contributed by atoms with E-state index < -0.39 is 0 Å². The summed E-state index contributed by atoms with van der Waals surface area (Å²) in [6.07, 6.45) is 0.206. The fourth-order valence-corrected chi connectivity index (χ4v) is 3.54. The van der Waals surface area contributed by atoms with E-state index >= 15 is 0 Å². The van der Waals surface area contributed by atoms with Crippen LogP contribution in [0.5, 0.6) is 0 Å². The highest BCUT2D eigenvalue weighted by Crippen LogP contribution is 2.20. The van der Waals surface area contributed by atoms with Crippen molar-refractivity contribution in [1.29, 1.82) is 0 Å². The van der Waals surface area contributed by atoms with E-state index in [2.05, 4.69) is 5.32 Å². The zero-order chi connectivity index (χ0) is 16.4. The van der Waals surface area contributed by atoms with Gasteiger partial charge in [0, 0.05) is 20.7 Å². The summed E-state index contributed by atoms with van der Waals surface area (Å²) in [7, 11) is 0. The second-order valence-corrected chi connectivity index (χ2v) is 6.78. The van der Waals surface area contributed by atoms with Crippen LogP contribution in [-0.2, 0) is 11.2 Å². The molecule has 0 aliphatic carbocycles. The summed E-state index contributed by atoms with van der Waals surface area (Å²) < 4.78 is 0.912. The van der Waals surface area contributed by atoms with Gasteiger partial charge in [0.05, 0.1) is 6.42 Å². The molecule has 3 aromatic rings. The Morgan fingerprint density at radius 2 is 1.87 bits per heavy atom. The standard InChI is InChI=1S/C19H17NO2S/c1-12-7-8-13(2)16(9-12)20-19(22)11-14-10-17(21)15-5-3-4-6-18(15)23-14/h3-10H,11H2,1-2H3,(H,20,22). The monoisotopic (exact) mass is 323 g/mol. The molecule has 1 amide bonds. The molecule has 0 unspecified atom stereocenters. The van der Waals surface area contributed by atoms with Crippen molar-refractivity contribution in [3.05, 3.63) is 74.8 Å². The second-order valence-electron chi connectivity index (χ2n) is 5.62. The molecule has 23 heavy (non-hydrogen) atoms. The minimum absolute atomic E-state index is 0.0334. The maximum absolute atomic E-state index is 12.3. The molecule has 0 fully saturated rings. The molecule has 2 aromatic carbocycles. The smallest absolute Gasteiger partial charge is 0.229 e. The summed E-state index contributed by atoms with van der Waals surface area (Å²) in [5.74, 6) is -0.107. The van der Waals surface area contributed by atoms with Crippen LogP contribution in [0.25, 0.3) is 10.1 Å². The molecule has 0 atom stereocenters. The van der Waals surface area contributed by atoms with E-state index in [4.69, 9.17) is 0 Å². The minimum Gasteiger partial charge on any atom is -0.326 e. The summed E-state index contributed by atoms with van der Waals surface area (Å²) in [6.45, 7) is 3.95. The number of hydrogen-bond donors (Lipinski definition) is 1. The van der Waals surface area contributed by atoms with Gasteiger partial charge in [-0.3, -0.25) is 9.59 Å². The first-order valence-electron chi connectivity index (χ1n) is 7.42. The zero-order valence-corrected chi connectivity index (χ0v) is 13.9. The van der Waals surface area contributed by atoms with E-state index in [1.54, 1.807) is 6.07 Å². The number of benzene rings is 2. The number of aryl methyl sites for hydroxylation is 2. The molecule has 4 heteroatoms. The van der Waals surface area contributed by atoms with Crippen LogP contribution in [0.1, 0.15) is 16.0 Å². The summed E-state index contributed by atoms with van der Waals surface area (Å²) in [5.41, 5.74) is 2.91. The first-order valence-corrected chi connectivity index (χ1v) is 8.23. The van der Waals surface area contributed by atoms with Gasteiger partial charge in [0.15, 0.2) is 5.43 Å². The Balaban J connectivity index is 1.83. The molecule has 3 rings (SSSR count). The van der Waals surface area contributed by atoms with E-state index in [-0.39, 0.29) is 17.8 Å². The lowest BCUT2D eigenvalue weighted by atomic mass is 10.1. The van der Waals surface area contributed by atoms with Gasteiger partial charge in [-0.05, 0) is 49.2 Å². The van der Waals surface area contributed by atoms with E-state index in [1.165, 1.54) is 11.3 Å². The molecule has 1 aromatic heterocycles. The molecule has 1 N–H and O–H groups in total. The molecular weight excluding hydrogens is 306 g/mol. The lowest BCUT2D eigenvalue weighted by Crippen LogP contribution is -2.15. The van der Waals surface area contributed by atoms with Crippen molar-refractivity contribution in [3.8, 4) is 0 Å². The summed E-state index contributed by atoms with van der Waals surface area (Å²) in [4.78, 5) is 25.2. The highest BCUT2D eigenvalue weighted by Gasteiger charge is 2.09. The first kappa shape index (κ1) is 15.4. The average molecular weight is 323 g/mol. The molecule has 0 saturated heterocycles. The Kier molecular flexibility index (Phi) is 4.26. The predicted octanol–water partition coefficient (Wildman–Crippen LogP) is 4.06. The number of fused-ring (bicyclic) bond motifs is 1. The normalized spacial score (nSPS) is 10.7. The van der Waals surface area contributed by atoms with Crippen molar-refractivity contribution in [2.45, 2.75) is 20.3 Å². The van der Waals surface area contributed by atoms with Crippen LogP contribution in [0.4, 0.5) is 5.69 Å². The third-order valence-electron chi connectivity index (χ3n) is 3.69. The SMILES string of the molecule is Cc1ccc(C)c(NC(=O)Cc2cc(=O)c3ccccc3s2)c1. The number of carbonyl (C=O) groups is 1. The molecule has 1 heterocycles. The Morgan fingerprint density at radius 1 is 1.09 bits per heavy atom. The maximum Gasteiger partial charge on any atom is 0.229 e. The van der Waals surface area contributed by atoms with Crippen LogP contribution >= 0.6 is 11.3 Å². The first-order chi connectivity index (χ1) is 11.0. The van der Waals surface area contributed by atoms with Crippen LogP contribution in [0.2, 0.25) is 0 Å². The highest BCUT2D eigenvalue weighted by molar-refractivity contribution is 7.18. The average Bonchev–Trinajstić information content (AvgIpc) is 2.51. The van der Waals surface area contributed by atoms with Crippen molar-refractivity contribution in [2.24, 2.45) is 0 Å². The van der Waals surface area contributed by atoms with E-state index in [1.807, 2.05) is 56.3 Å². The second kappa shape index (κ2) is 6.34. The lowest BCUT2D eigenvalue weighted by Gasteiger charge is -2.09. The van der Waals surface area contributed by atoms with Gasteiger partial charge in [-0.25, -0.2) is 0 Å². The number of hydrogen-bond acceptors (Lipinski definition) is 3. The van der Waals surface area contributed by atoms with Crippen molar-refractivity contribution in [2.75, 3.05) is 5.32 Å². The Labute approximate surface area is 138 Å². The quantitative estimate of drug-likeness (QED) is 0.790. The fourth-order valence-electron chi connectivity index (χ4n) is 2.46. The molecule has 116 valence electrons. The van der Waals surface area contributed by atoms with Crippen molar-refractivity contribution >= 4 is 33.0 Å². The van der Waals surface area contributed by atoms with Gasteiger partial charge in [-0.1, -0.05) is 24.3 Å². The summed E-state index contributed by atoms with van der Waals surface area (Å²) in [6, 6.07) is 15.0. The van der Waals surface area contributed by atoms with Gasteiger partial charge in [-0.2, -0.15) is 0 Å². The maximum atomic E-state index is 12.3. The lowest BCUT2D eigenvalue weighted by molar-refractivity contribution is -0.115. The van der Waals surface area contributed by atoms with Crippen LogP contribution in [0.15, 0.2) is 53.3 Å². The van der Waals surface area contributed by atoms with Crippen molar-refractivity contribution in [3.63, 3.8) is 0 Å². The van der Waals surface area contributed by atoms with Gasteiger partial charge in [0.2, 0.25) is 5.91 Å². The fraction of sp³-hybridized carbons (Fsp3) is 0.158. The van der Waals surface area contributed by atoms with Gasteiger partial charge in [0.1, 0.15) is 0 Å². The molecule has 0 aliphatic rings. The summed E-state index contributed by atoms with van der Waals surface area (Å²) >= 11 is 1.49.